The molecule has 1 heterocycles. The van der Waals surface area contributed by atoms with E-state index in [0.29, 0.717) is 5.90 Å². The summed E-state index contributed by atoms with van der Waals surface area (Å²) in [6.07, 6.45) is 3.78. The third-order valence-electron chi connectivity index (χ3n) is 3.23. The van der Waals surface area contributed by atoms with Gasteiger partial charge >= 0.3 is 0 Å². The Labute approximate surface area is 107 Å². The van der Waals surface area contributed by atoms with Crippen molar-refractivity contribution in [2.75, 3.05) is 7.05 Å². The fourth-order valence-corrected chi connectivity index (χ4v) is 2.06. The second kappa shape index (κ2) is 5.17. The van der Waals surface area contributed by atoms with Crippen molar-refractivity contribution in [3.05, 3.63) is 41.0 Å². The van der Waals surface area contributed by atoms with Crippen LogP contribution in [0.4, 0.5) is 0 Å². The molecule has 0 N–H and O–H groups in total. The van der Waals surface area contributed by atoms with Crippen LogP contribution in [0.15, 0.2) is 34.8 Å². The van der Waals surface area contributed by atoms with Gasteiger partial charge in [-0.2, -0.15) is 0 Å². The lowest BCUT2D eigenvalue weighted by Gasteiger charge is -2.22. The van der Waals surface area contributed by atoms with Gasteiger partial charge in [0.15, 0.2) is 0 Å². The molecule has 18 heavy (non-hydrogen) atoms. The van der Waals surface area contributed by atoms with Crippen molar-refractivity contribution >= 4 is 12.2 Å². The van der Waals surface area contributed by atoms with E-state index >= 15 is 0 Å². The highest BCUT2D eigenvalue weighted by Crippen LogP contribution is 2.30. The van der Waals surface area contributed by atoms with Gasteiger partial charge in [-0.3, -0.25) is 4.99 Å². The molecule has 1 unspecified atom stereocenters. The number of ether oxygens (including phenoxy) is 1. The maximum atomic E-state index is 10.8. The Bertz CT molecular complexity index is 529. The molecule has 3 heteroatoms. The van der Waals surface area contributed by atoms with E-state index in [1.54, 1.807) is 7.05 Å². The zero-order valence-electron chi connectivity index (χ0n) is 10.9. The van der Waals surface area contributed by atoms with Crippen LogP contribution in [0.5, 0.6) is 5.75 Å². The van der Waals surface area contributed by atoms with Crippen molar-refractivity contribution in [3.8, 4) is 5.75 Å². The number of carbonyl (C=O) groups is 1. The summed E-state index contributed by atoms with van der Waals surface area (Å²) in [5.41, 5.74) is 3.22. The zero-order chi connectivity index (χ0) is 13.1. The maximum absolute atomic E-state index is 10.8. The first kappa shape index (κ1) is 12.6. The van der Waals surface area contributed by atoms with Gasteiger partial charge in [0.05, 0.1) is 0 Å². The molecule has 0 bridgehead atoms. The summed E-state index contributed by atoms with van der Waals surface area (Å²) >= 11 is 0. The summed E-state index contributed by atoms with van der Waals surface area (Å²) in [5.74, 6) is 1.44. The van der Waals surface area contributed by atoms with Crippen LogP contribution in [0, 0.1) is 0 Å². The van der Waals surface area contributed by atoms with Crippen molar-refractivity contribution in [2.24, 2.45) is 4.99 Å². The standard InChI is InChI=1S/C15H17NO2/c1-4-11-7-13-8-12(10(2)9-17)5-6-14(13)18-15(11)16-3/h4-6,8-10H,7H2,1-3H3/b11-4-,16-15+. The van der Waals surface area contributed by atoms with Crippen molar-refractivity contribution in [1.82, 2.24) is 0 Å². The third-order valence-corrected chi connectivity index (χ3v) is 3.23. The SMILES string of the molecule is C/C=C1/Cc2cc(C(C)C=O)ccc2O/C1=N/C. The van der Waals surface area contributed by atoms with Crippen LogP contribution in [-0.2, 0) is 11.2 Å². The van der Waals surface area contributed by atoms with Gasteiger partial charge in [0.1, 0.15) is 12.0 Å². The largest absolute Gasteiger partial charge is 0.439 e. The molecular weight excluding hydrogens is 226 g/mol. The predicted octanol–water partition coefficient (Wildman–Crippen LogP) is 2.90. The lowest BCUT2D eigenvalue weighted by atomic mass is 9.95. The van der Waals surface area contributed by atoms with Gasteiger partial charge in [-0.1, -0.05) is 25.1 Å². The van der Waals surface area contributed by atoms with Gasteiger partial charge in [0.25, 0.3) is 0 Å². The molecule has 0 saturated carbocycles. The summed E-state index contributed by atoms with van der Waals surface area (Å²) in [7, 11) is 1.73. The van der Waals surface area contributed by atoms with Gasteiger partial charge in [0, 0.05) is 25.0 Å². The Morgan fingerprint density at radius 3 is 2.83 bits per heavy atom. The first-order chi connectivity index (χ1) is 8.69. The molecule has 3 nitrogen and oxygen atoms in total. The molecule has 94 valence electrons. The Hall–Kier alpha value is -1.90. The number of nitrogens with zero attached hydrogens (tertiary/aromatic N) is 1. The monoisotopic (exact) mass is 243 g/mol. The molecule has 2 rings (SSSR count). The second-order valence-electron chi connectivity index (χ2n) is 4.41. The summed E-state index contributed by atoms with van der Waals surface area (Å²) in [5, 5.41) is 0. The van der Waals surface area contributed by atoms with E-state index in [1.807, 2.05) is 38.1 Å². The lowest BCUT2D eigenvalue weighted by molar-refractivity contribution is -0.108. The highest BCUT2D eigenvalue weighted by molar-refractivity contribution is 5.97. The van der Waals surface area contributed by atoms with Crippen molar-refractivity contribution in [2.45, 2.75) is 26.2 Å². The number of hydrogen-bond donors (Lipinski definition) is 0. The van der Waals surface area contributed by atoms with Crippen molar-refractivity contribution in [1.29, 1.82) is 0 Å². The molecule has 0 saturated heterocycles. The molecule has 0 amide bonds. The molecular formula is C15H17NO2. The van der Waals surface area contributed by atoms with Crippen LogP contribution in [0.25, 0.3) is 0 Å². The molecule has 0 fully saturated rings. The third kappa shape index (κ3) is 2.21. The van der Waals surface area contributed by atoms with Crippen LogP contribution in [0.3, 0.4) is 0 Å². The van der Waals surface area contributed by atoms with Gasteiger partial charge < -0.3 is 9.53 Å². The molecule has 1 aliphatic rings. The predicted molar refractivity (Wildman–Crippen MR) is 72.4 cm³/mol. The summed E-state index contributed by atoms with van der Waals surface area (Å²) in [4.78, 5) is 15.0. The number of benzene rings is 1. The van der Waals surface area contributed by atoms with E-state index < -0.39 is 0 Å². The Balaban J connectivity index is 2.41. The molecule has 1 aromatic carbocycles. The zero-order valence-corrected chi connectivity index (χ0v) is 10.9. The smallest absolute Gasteiger partial charge is 0.217 e. The number of carbonyl (C=O) groups excluding carboxylic acids is 1. The van der Waals surface area contributed by atoms with Gasteiger partial charge in [-0.05, 0) is 24.1 Å². The van der Waals surface area contributed by atoms with E-state index in [9.17, 15) is 4.79 Å². The molecule has 1 aliphatic heterocycles. The van der Waals surface area contributed by atoms with Crippen molar-refractivity contribution < 1.29 is 9.53 Å². The summed E-state index contributed by atoms with van der Waals surface area (Å²) < 4.78 is 5.75. The van der Waals surface area contributed by atoms with E-state index in [1.165, 1.54) is 0 Å². The molecule has 0 aromatic heterocycles. The highest BCUT2D eigenvalue weighted by atomic mass is 16.5. The number of aldehydes is 1. The lowest BCUT2D eigenvalue weighted by Crippen LogP contribution is -2.20. The first-order valence-corrected chi connectivity index (χ1v) is 6.08. The van der Waals surface area contributed by atoms with Crippen LogP contribution < -0.4 is 4.74 Å². The van der Waals surface area contributed by atoms with Crippen LogP contribution in [0.1, 0.15) is 30.9 Å². The van der Waals surface area contributed by atoms with E-state index in [0.717, 1.165) is 35.2 Å². The average Bonchev–Trinajstić information content (AvgIpc) is 2.44. The molecule has 0 spiro atoms. The van der Waals surface area contributed by atoms with Crippen molar-refractivity contribution in [3.63, 3.8) is 0 Å². The number of fused-ring (bicyclic) bond motifs is 1. The fourth-order valence-electron chi connectivity index (χ4n) is 2.06. The molecule has 0 aliphatic carbocycles. The van der Waals surface area contributed by atoms with E-state index in [2.05, 4.69) is 4.99 Å². The van der Waals surface area contributed by atoms with E-state index in [-0.39, 0.29) is 5.92 Å². The Kier molecular flexibility index (Phi) is 3.60. The molecule has 0 radical (unpaired) electrons. The van der Waals surface area contributed by atoms with E-state index in [4.69, 9.17) is 4.74 Å². The Morgan fingerprint density at radius 1 is 1.44 bits per heavy atom. The minimum absolute atomic E-state index is 0.0782. The van der Waals surface area contributed by atoms with Crippen LogP contribution in [-0.4, -0.2) is 19.2 Å². The normalized spacial score (nSPS) is 20.4. The van der Waals surface area contributed by atoms with Crippen LogP contribution >= 0.6 is 0 Å². The minimum atomic E-state index is -0.0782. The number of rotatable bonds is 2. The summed E-state index contributed by atoms with van der Waals surface area (Å²) in [6, 6.07) is 5.90. The average molecular weight is 243 g/mol. The van der Waals surface area contributed by atoms with Gasteiger partial charge in [0.2, 0.25) is 5.90 Å². The van der Waals surface area contributed by atoms with Crippen LogP contribution in [0.2, 0.25) is 0 Å². The van der Waals surface area contributed by atoms with Gasteiger partial charge in [-0.15, -0.1) is 0 Å². The topological polar surface area (TPSA) is 38.7 Å². The second-order valence-corrected chi connectivity index (χ2v) is 4.41. The highest BCUT2D eigenvalue weighted by Gasteiger charge is 2.20. The van der Waals surface area contributed by atoms with Gasteiger partial charge in [-0.25, -0.2) is 0 Å². The number of hydrogen-bond acceptors (Lipinski definition) is 3. The summed E-state index contributed by atoms with van der Waals surface area (Å²) in [6.45, 7) is 3.88. The molecule has 1 atom stereocenters. The maximum Gasteiger partial charge on any atom is 0.217 e. The Morgan fingerprint density at radius 2 is 2.22 bits per heavy atom. The minimum Gasteiger partial charge on any atom is -0.439 e. The number of aliphatic imine (C=N–C) groups is 1. The quantitative estimate of drug-likeness (QED) is 0.749. The first-order valence-electron chi connectivity index (χ1n) is 6.08. The fraction of sp³-hybridized carbons (Fsp3) is 0.333. The number of allylic oxidation sites excluding steroid dienone is 1. The molecule has 1 aromatic rings.